The van der Waals surface area contributed by atoms with Crippen LogP contribution in [0.25, 0.3) is 11.0 Å². The molecule has 1 saturated heterocycles. The number of imidazole rings is 1. The summed E-state index contributed by atoms with van der Waals surface area (Å²) in [7, 11) is 1.87. The molecule has 1 atom stereocenters. The van der Waals surface area contributed by atoms with Crippen LogP contribution in [0.15, 0.2) is 42.7 Å². The van der Waals surface area contributed by atoms with Crippen molar-refractivity contribution in [2.75, 3.05) is 13.1 Å². The lowest BCUT2D eigenvalue weighted by molar-refractivity contribution is -0.137. The highest BCUT2D eigenvalue weighted by Crippen LogP contribution is 2.34. The zero-order valence-electron chi connectivity index (χ0n) is 23.5. The molecule has 0 amide bonds. The molecule has 40 heavy (non-hydrogen) atoms. The van der Waals surface area contributed by atoms with Gasteiger partial charge in [0.05, 0.1) is 18.5 Å². The molecule has 10 heteroatoms. The maximum absolute atomic E-state index is 12.0. The molecule has 2 aromatic carbocycles. The van der Waals surface area contributed by atoms with Gasteiger partial charge in [-0.15, -0.1) is 5.10 Å². The van der Waals surface area contributed by atoms with Crippen molar-refractivity contribution >= 4 is 23.5 Å². The first-order chi connectivity index (χ1) is 19.3. The lowest BCUT2D eigenvalue weighted by atomic mass is 9.84. The number of benzene rings is 2. The molecule has 1 unspecified atom stereocenters. The second kappa shape index (κ2) is 13.3. The van der Waals surface area contributed by atoms with Gasteiger partial charge in [-0.25, -0.2) is 9.67 Å². The van der Waals surface area contributed by atoms with Crippen LogP contribution in [-0.4, -0.2) is 65.2 Å². The SMILES string of the molecule is Cc1ccc(C(CC(=O)O)c2ccc3c(nnn3C)c2C)cc1Cn1ccnc1CN1CCCCCC1.O=CO. The number of aliphatic carboxylic acids is 1. The number of aryl methyl sites for hydroxylation is 3. The zero-order valence-corrected chi connectivity index (χ0v) is 23.5. The van der Waals surface area contributed by atoms with Gasteiger partial charge in [-0.1, -0.05) is 42.3 Å². The Balaban J connectivity index is 0.00000118. The number of aromatic nitrogens is 5. The van der Waals surface area contributed by atoms with Gasteiger partial charge in [-0.2, -0.15) is 0 Å². The molecular weight excluding hydrogens is 508 g/mol. The van der Waals surface area contributed by atoms with E-state index in [9.17, 15) is 9.90 Å². The van der Waals surface area contributed by atoms with Crippen LogP contribution in [0.1, 0.15) is 71.7 Å². The Bertz CT molecular complexity index is 1450. The van der Waals surface area contributed by atoms with E-state index < -0.39 is 5.97 Å². The fourth-order valence-electron chi connectivity index (χ4n) is 5.60. The monoisotopic (exact) mass is 546 g/mol. The summed E-state index contributed by atoms with van der Waals surface area (Å²) in [5.74, 6) is -0.0135. The first-order valence-corrected chi connectivity index (χ1v) is 13.7. The molecule has 3 heterocycles. The minimum atomic E-state index is -0.819. The van der Waals surface area contributed by atoms with Crippen molar-refractivity contribution in [3.63, 3.8) is 0 Å². The second-order valence-electron chi connectivity index (χ2n) is 10.5. The summed E-state index contributed by atoms with van der Waals surface area (Å²) in [5.41, 5.74) is 7.09. The zero-order chi connectivity index (χ0) is 28.6. The number of rotatable bonds is 8. The third kappa shape index (κ3) is 6.74. The molecule has 0 aliphatic carbocycles. The number of carboxylic acid groups (broad SMARTS) is 2. The fourth-order valence-corrected chi connectivity index (χ4v) is 5.60. The maximum Gasteiger partial charge on any atom is 0.304 e. The molecule has 0 spiro atoms. The Morgan fingerprint density at radius 2 is 1.80 bits per heavy atom. The molecule has 1 fully saturated rings. The molecule has 212 valence electrons. The van der Waals surface area contributed by atoms with Crippen molar-refractivity contribution in [3.8, 4) is 0 Å². The number of carbonyl (C=O) groups is 2. The Labute approximate surface area is 234 Å². The third-order valence-corrected chi connectivity index (χ3v) is 7.81. The number of carboxylic acids is 1. The average Bonchev–Trinajstić information content (AvgIpc) is 3.42. The molecule has 1 aliphatic rings. The van der Waals surface area contributed by atoms with E-state index in [1.54, 1.807) is 4.68 Å². The predicted molar refractivity (Wildman–Crippen MR) is 152 cm³/mol. The van der Waals surface area contributed by atoms with Crippen LogP contribution in [0, 0.1) is 13.8 Å². The van der Waals surface area contributed by atoms with Gasteiger partial charge in [0, 0.05) is 31.9 Å². The van der Waals surface area contributed by atoms with Gasteiger partial charge in [0.2, 0.25) is 0 Å². The van der Waals surface area contributed by atoms with E-state index in [1.807, 2.05) is 32.3 Å². The van der Waals surface area contributed by atoms with Gasteiger partial charge in [0.25, 0.3) is 6.47 Å². The topological polar surface area (TPSA) is 126 Å². The highest BCUT2D eigenvalue weighted by atomic mass is 16.4. The van der Waals surface area contributed by atoms with Crippen molar-refractivity contribution in [2.45, 2.75) is 65.0 Å². The van der Waals surface area contributed by atoms with Crippen LogP contribution in [0.3, 0.4) is 0 Å². The first-order valence-electron chi connectivity index (χ1n) is 13.7. The van der Waals surface area contributed by atoms with Gasteiger partial charge in [0.15, 0.2) is 0 Å². The van der Waals surface area contributed by atoms with Crippen LogP contribution in [-0.2, 0) is 29.7 Å². The van der Waals surface area contributed by atoms with E-state index in [4.69, 9.17) is 9.90 Å². The minimum absolute atomic E-state index is 0.0143. The van der Waals surface area contributed by atoms with Crippen molar-refractivity contribution in [2.24, 2.45) is 7.05 Å². The Hall–Kier alpha value is -4.05. The van der Waals surface area contributed by atoms with Crippen LogP contribution in [0.5, 0.6) is 0 Å². The lowest BCUT2D eigenvalue weighted by Crippen LogP contribution is -2.26. The minimum Gasteiger partial charge on any atom is -0.483 e. The fraction of sp³-hybridized carbons (Fsp3) is 0.433. The predicted octanol–water partition coefficient (Wildman–Crippen LogP) is 4.51. The van der Waals surface area contributed by atoms with E-state index in [2.05, 4.69) is 56.1 Å². The van der Waals surface area contributed by atoms with Crippen LogP contribution in [0.4, 0.5) is 0 Å². The number of nitrogens with zero attached hydrogens (tertiary/aromatic N) is 6. The van der Waals surface area contributed by atoms with E-state index in [0.29, 0.717) is 6.54 Å². The summed E-state index contributed by atoms with van der Waals surface area (Å²) in [6.45, 7) is 7.72. The Morgan fingerprint density at radius 1 is 1.07 bits per heavy atom. The quantitative estimate of drug-likeness (QED) is 0.309. The summed E-state index contributed by atoms with van der Waals surface area (Å²) in [6, 6.07) is 10.4. The van der Waals surface area contributed by atoms with Gasteiger partial charge < -0.3 is 14.8 Å². The van der Waals surface area contributed by atoms with Crippen molar-refractivity contribution in [1.29, 1.82) is 0 Å². The van der Waals surface area contributed by atoms with Gasteiger partial charge in [-0.3, -0.25) is 14.5 Å². The number of hydrogen-bond acceptors (Lipinski definition) is 6. The standard InChI is InChI=1S/C29H36N6O2.CH2O2/c1-20-8-9-22(25(17-28(36)37)24-10-11-26-29(21(24)2)31-32-33(26)3)16-23(20)18-35-15-12-30-27(35)19-34-13-6-4-5-7-14-34;2-1-3/h8-12,15-16,25H,4-7,13-14,17-19H2,1-3H3,(H,36,37);1H,(H,2,3). The molecular formula is C30H38N6O4. The lowest BCUT2D eigenvalue weighted by Gasteiger charge is -2.22. The Morgan fingerprint density at radius 3 is 2.50 bits per heavy atom. The van der Waals surface area contributed by atoms with E-state index in [-0.39, 0.29) is 18.8 Å². The first kappa shape index (κ1) is 28.9. The van der Waals surface area contributed by atoms with Crippen LogP contribution >= 0.6 is 0 Å². The summed E-state index contributed by atoms with van der Waals surface area (Å²) < 4.78 is 3.98. The van der Waals surface area contributed by atoms with Crippen LogP contribution in [0.2, 0.25) is 0 Å². The summed E-state index contributed by atoms with van der Waals surface area (Å²) in [5, 5.41) is 25.2. The molecule has 0 saturated carbocycles. The molecule has 10 nitrogen and oxygen atoms in total. The molecule has 1 aliphatic heterocycles. The van der Waals surface area contributed by atoms with Crippen molar-refractivity contribution in [3.05, 3.63) is 76.4 Å². The van der Waals surface area contributed by atoms with Crippen molar-refractivity contribution < 1.29 is 19.8 Å². The summed E-state index contributed by atoms with van der Waals surface area (Å²) >= 11 is 0. The van der Waals surface area contributed by atoms with E-state index >= 15 is 0 Å². The summed E-state index contributed by atoms with van der Waals surface area (Å²) in [4.78, 5) is 27.5. The number of likely N-dealkylation sites (tertiary alicyclic amines) is 1. The molecule has 4 aromatic rings. The average molecular weight is 547 g/mol. The molecule has 2 aromatic heterocycles. The van der Waals surface area contributed by atoms with E-state index in [1.165, 1.54) is 36.8 Å². The smallest absolute Gasteiger partial charge is 0.304 e. The van der Waals surface area contributed by atoms with Crippen molar-refractivity contribution in [1.82, 2.24) is 29.4 Å². The highest BCUT2D eigenvalue weighted by Gasteiger charge is 2.23. The van der Waals surface area contributed by atoms with Gasteiger partial charge in [-0.05, 0) is 73.7 Å². The van der Waals surface area contributed by atoms with Gasteiger partial charge in [0.1, 0.15) is 11.3 Å². The second-order valence-corrected chi connectivity index (χ2v) is 10.5. The van der Waals surface area contributed by atoms with Crippen LogP contribution < -0.4 is 0 Å². The highest BCUT2D eigenvalue weighted by molar-refractivity contribution is 5.80. The Kier molecular flexibility index (Phi) is 9.65. The molecule has 2 N–H and O–H groups in total. The van der Waals surface area contributed by atoms with Gasteiger partial charge >= 0.3 is 5.97 Å². The van der Waals surface area contributed by atoms with E-state index in [0.717, 1.165) is 53.2 Å². The molecule has 0 radical (unpaired) electrons. The largest absolute Gasteiger partial charge is 0.483 e. The molecule has 0 bridgehead atoms. The molecule has 5 rings (SSSR count). The number of hydrogen-bond donors (Lipinski definition) is 2. The number of fused-ring (bicyclic) bond motifs is 1. The normalized spacial score (nSPS) is 14.8. The summed E-state index contributed by atoms with van der Waals surface area (Å²) in [6.07, 6.45) is 9.11. The maximum atomic E-state index is 12.0. The third-order valence-electron chi connectivity index (χ3n) is 7.81.